The Kier molecular flexibility index (Phi) is 7.38. The molecule has 2 aliphatic rings. The molecule has 8 nitrogen and oxygen atoms in total. The van der Waals surface area contributed by atoms with E-state index in [0.717, 1.165) is 12.1 Å². The molecule has 1 aliphatic heterocycles. The smallest absolute Gasteiger partial charge is 0.416 e. The molecule has 0 spiro atoms. The molecule has 1 unspecified atom stereocenters. The summed E-state index contributed by atoms with van der Waals surface area (Å²) in [5, 5.41) is 12.0. The number of hydrogen-bond donors (Lipinski definition) is 0. The highest BCUT2D eigenvalue weighted by Gasteiger charge is 2.46. The van der Waals surface area contributed by atoms with Crippen LogP contribution in [-0.4, -0.2) is 29.5 Å². The zero-order chi connectivity index (χ0) is 28.7. The molecule has 2 aromatic rings. The molecule has 0 amide bonds. The van der Waals surface area contributed by atoms with Gasteiger partial charge in [0.25, 0.3) is 0 Å². The molecule has 1 aliphatic carbocycles. The van der Waals surface area contributed by atoms with Crippen LogP contribution in [0.2, 0.25) is 0 Å². The predicted octanol–water partition coefficient (Wildman–Crippen LogP) is 6.18. The van der Waals surface area contributed by atoms with Gasteiger partial charge in [0.15, 0.2) is 11.5 Å². The summed E-state index contributed by atoms with van der Waals surface area (Å²) in [5.74, 6) is -2.80. The highest BCUT2D eigenvalue weighted by Crippen LogP contribution is 2.49. The maximum atomic E-state index is 13.3. The Morgan fingerprint density at radius 3 is 2.54 bits per heavy atom. The molecule has 0 fully saturated rings. The summed E-state index contributed by atoms with van der Waals surface area (Å²) in [6.07, 6.45) is -3.82. The number of allylic oxidation sites excluding steroid dienone is 2. The van der Waals surface area contributed by atoms with E-state index in [2.05, 4.69) is 4.99 Å². The fourth-order valence-corrected chi connectivity index (χ4v) is 5.23. The van der Waals surface area contributed by atoms with E-state index in [1.165, 1.54) is 37.4 Å². The van der Waals surface area contributed by atoms with Crippen LogP contribution >= 0.6 is 0 Å². The molecule has 0 radical (unpaired) electrons. The van der Waals surface area contributed by atoms with Gasteiger partial charge < -0.3 is 9.47 Å². The van der Waals surface area contributed by atoms with Crippen molar-refractivity contribution in [3.05, 3.63) is 80.5 Å². The number of rotatable bonds is 6. The van der Waals surface area contributed by atoms with Gasteiger partial charge in [-0.05, 0) is 48.1 Å². The summed E-state index contributed by atoms with van der Waals surface area (Å²) in [5.41, 5.74) is 0.180. The van der Waals surface area contributed by atoms with Crippen molar-refractivity contribution in [2.75, 3.05) is 7.11 Å². The van der Waals surface area contributed by atoms with Crippen molar-refractivity contribution in [3.8, 4) is 5.75 Å². The van der Waals surface area contributed by atoms with E-state index in [4.69, 9.17) is 9.47 Å². The van der Waals surface area contributed by atoms with Gasteiger partial charge in [0.2, 0.25) is 0 Å². The Labute approximate surface area is 222 Å². The number of esters is 1. The summed E-state index contributed by atoms with van der Waals surface area (Å²) < 4.78 is 49.7. The lowest BCUT2D eigenvalue weighted by atomic mass is 9.67. The average Bonchev–Trinajstić information content (AvgIpc) is 2.85. The van der Waals surface area contributed by atoms with Crippen molar-refractivity contribution in [1.29, 1.82) is 0 Å². The summed E-state index contributed by atoms with van der Waals surface area (Å²) in [7, 11) is 1.22. The Morgan fingerprint density at radius 2 is 1.90 bits per heavy atom. The molecule has 0 bridgehead atoms. The van der Waals surface area contributed by atoms with Crippen LogP contribution in [0, 0.1) is 21.4 Å². The molecule has 0 aromatic heterocycles. The van der Waals surface area contributed by atoms with Gasteiger partial charge >= 0.3 is 17.8 Å². The van der Waals surface area contributed by atoms with E-state index in [-0.39, 0.29) is 35.5 Å². The van der Waals surface area contributed by atoms with Crippen molar-refractivity contribution in [2.24, 2.45) is 16.3 Å². The molecule has 2 atom stereocenters. The summed E-state index contributed by atoms with van der Waals surface area (Å²) >= 11 is 0. The Hall–Kier alpha value is -4.02. The van der Waals surface area contributed by atoms with Crippen LogP contribution in [0.3, 0.4) is 0 Å². The molecular formula is C28H27F3N2O6. The summed E-state index contributed by atoms with van der Waals surface area (Å²) in [4.78, 5) is 42.1. The number of carbonyl (C=O) groups excluding carboxylic acids is 2. The van der Waals surface area contributed by atoms with Crippen LogP contribution in [0.1, 0.15) is 56.2 Å². The molecule has 4 rings (SSSR count). The Morgan fingerprint density at radius 1 is 1.18 bits per heavy atom. The van der Waals surface area contributed by atoms with Crippen LogP contribution in [-0.2, 0) is 27.1 Å². The third-order valence-electron chi connectivity index (χ3n) is 6.94. The summed E-state index contributed by atoms with van der Waals surface area (Å²) in [6.45, 7) is 5.21. The van der Waals surface area contributed by atoms with Crippen LogP contribution in [0.25, 0.3) is 0 Å². The third kappa shape index (κ3) is 5.71. The number of aliphatic imine (C=N–C) groups is 1. The number of nitro groups is 1. The van der Waals surface area contributed by atoms with Gasteiger partial charge in [-0.25, -0.2) is 0 Å². The number of nitro benzene ring substituents is 1. The quantitative estimate of drug-likeness (QED) is 0.244. The number of nitrogens with zero attached hydrogens (tertiary/aromatic N) is 2. The van der Waals surface area contributed by atoms with E-state index in [1.54, 1.807) is 6.92 Å². The minimum atomic E-state index is -4.54. The zero-order valence-electron chi connectivity index (χ0n) is 21.8. The maximum Gasteiger partial charge on any atom is 0.416 e. The lowest BCUT2D eigenvalue weighted by Gasteiger charge is -2.38. The first-order valence-corrected chi connectivity index (χ1v) is 12.2. The highest BCUT2D eigenvalue weighted by atomic mass is 19.4. The van der Waals surface area contributed by atoms with Gasteiger partial charge in [0.1, 0.15) is 12.5 Å². The van der Waals surface area contributed by atoms with E-state index in [0.29, 0.717) is 29.0 Å². The SMILES string of the molecule is COC(=O)C1C(C)=NC2=C(C(=O)CC(C)(C)C2)[C@H]1c1ccc(OCc2cccc(C(F)(F)F)c2)c([N+](=O)[O-])c1. The molecule has 0 N–H and O–H groups in total. The summed E-state index contributed by atoms with van der Waals surface area (Å²) in [6, 6.07) is 8.56. The molecule has 0 saturated carbocycles. The van der Waals surface area contributed by atoms with Crippen molar-refractivity contribution >= 4 is 23.2 Å². The number of ether oxygens (including phenoxy) is 2. The van der Waals surface area contributed by atoms with Crippen LogP contribution in [0.5, 0.6) is 5.75 Å². The number of benzene rings is 2. The largest absolute Gasteiger partial charge is 0.482 e. The second-order valence-electron chi connectivity index (χ2n) is 10.5. The van der Waals surface area contributed by atoms with Crippen molar-refractivity contribution in [1.82, 2.24) is 0 Å². The van der Waals surface area contributed by atoms with Gasteiger partial charge in [0, 0.05) is 35.4 Å². The van der Waals surface area contributed by atoms with Crippen molar-refractivity contribution in [2.45, 2.75) is 52.3 Å². The van der Waals surface area contributed by atoms with Gasteiger partial charge in [-0.3, -0.25) is 24.7 Å². The van der Waals surface area contributed by atoms with Gasteiger partial charge in [-0.1, -0.05) is 32.0 Å². The average molecular weight is 545 g/mol. The minimum Gasteiger partial charge on any atom is -0.482 e. The van der Waals surface area contributed by atoms with Crippen LogP contribution in [0.15, 0.2) is 58.7 Å². The first-order chi connectivity index (χ1) is 18.2. The first kappa shape index (κ1) is 28.0. The monoisotopic (exact) mass is 544 g/mol. The second kappa shape index (κ2) is 10.3. The lowest BCUT2D eigenvalue weighted by molar-refractivity contribution is -0.386. The van der Waals surface area contributed by atoms with Gasteiger partial charge in [-0.2, -0.15) is 13.2 Å². The van der Waals surface area contributed by atoms with E-state index in [1.807, 2.05) is 13.8 Å². The van der Waals surface area contributed by atoms with Crippen molar-refractivity contribution in [3.63, 3.8) is 0 Å². The number of ketones is 1. The number of hydrogen-bond acceptors (Lipinski definition) is 7. The van der Waals surface area contributed by atoms with Gasteiger partial charge in [-0.15, -0.1) is 0 Å². The Balaban J connectivity index is 1.74. The van der Waals surface area contributed by atoms with E-state index >= 15 is 0 Å². The van der Waals surface area contributed by atoms with E-state index in [9.17, 15) is 32.9 Å². The minimum absolute atomic E-state index is 0.165. The molecular weight excluding hydrogens is 517 g/mol. The number of halogens is 3. The number of Topliss-reactive ketones (excluding diaryl/α,β-unsaturated/α-hetero) is 1. The fraction of sp³-hybridized carbons (Fsp3) is 0.393. The maximum absolute atomic E-state index is 13.3. The molecule has 11 heteroatoms. The second-order valence-corrected chi connectivity index (χ2v) is 10.5. The third-order valence-corrected chi connectivity index (χ3v) is 6.94. The zero-order valence-corrected chi connectivity index (χ0v) is 21.8. The number of alkyl halides is 3. The van der Waals surface area contributed by atoms with Crippen molar-refractivity contribution < 1.29 is 37.2 Å². The Bertz CT molecular complexity index is 1410. The first-order valence-electron chi connectivity index (χ1n) is 12.2. The van der Waals surface area contributed by atoms with Crippen LogP contribution in [0.4, 0.5) is 18.9 Å². The topological polar surface area (TPSA) is 108 Å². The molecule has 2 aromatic carbocycles. The van der Waals surface area contributed by atoms with E-state index < -0.39 is 40.2 Å². The highest BCUT2D eigenvalue weighted by molar-refractivity contribution is 6.09. The molecule has 1 heterocycles. The number of methoxy groups -OCH3 is 1. The van der Waals surface area contributed by atoms with Gasteiger partial charge in [0.05, 0.1) is 17.6 Å². The lowest BCUT2D eigenvalue weighted by Crippen LogP contribution is -2.39. The van der Waals surface area contributed by atoms with Crippen LogP contribution < -0.4 is 4.74 Å². The predicted molar refractivity (Wildman–Crippen MR) is 135 cm³/mol. The number of carbonyl (C=O) groups is 2. The normalized spacial score (nSPS) is 20.7. The molecule has 39 heavy (non-hydrogen) atoms. The molecule has 0 saturated heterocycles. The standard InChI is InChI=1S/C28H27F3N2O6/c1-15-23(26(35)38-4)24(25-19(32-15)12-27(2,3)13-21(25)34)17-8-9-22(20(11-17)33(36)37)39-14-16-6-5-7-18(10-16)28(29,30)31/h5-11,23-24H,12-14H2,1-4H3/t23?,24-/m0/s1. The fourth-order valence-electron chi connectivity index (χ4n) is 5.23. The molecule has 206 valence electrons.